The lowest BCUT2D eigenvalue weighted by atomic mass is 10.2. The van der Waals surface area contributed by atoms with Crippen LogP contribution in [0.15, 0.2) is 30.5 Å². The van der Waals surface area contributed by atoms with E-state index in [1.807, 2.05) is 6.07 Å². The van der Waals surface area contributed by atoms with E-state index in [-0.39, 0.29) is 11.3 Å². The fourth-order valence-corrected chi connectivity index (χ4v) is 1.56. The van der Waals surface area contributed by atoms with Crippen molar-refractivity contribution < 1.29 is 9.18 Å². The number of carbonyl (C=O) groups excluding carboxylic acids is 1. The number of nitriles is 1. The summed E-state index contributed by atoms with van der Waals surface area (Å²) in [6, 6.07) is 7.53. The third kappa shape index (κ3) is 1.94. The van der Waals surface area contributed by atoms with Gasteiger partial charge in [0.15, 0.2) is 5.69 Å². The number of nitrogens with one attached hydrogen (secondary N) is 1. The van der Waals surface area contributed by atoms with Gasteiger partial charge in [0.25, 0.3) is 5.91 Å². The number of carbonyl (C=O) groups is 1. The molecule has 0 saturated heterocycles. The van der Waals surface area contributed by atoms with E-state index in [0.29, 0.717) is 5.69 Å². The Morgan fingerprint density at radius 3 is 2.94 bits per heavy atom. The van der Waals surface area contributed by atoms with E-state index < -0.39 is 11.7 Å². The minimum Gasteiger partial charge on any atom is -0.355 e. The van der Waals surface area contributed by atoms with Crippen LogP contribution in [0.1, 0.15) is 16.1 Å². The summed E-state index contributed by atoms with van der Waals surface area (Å²) in [5, 5.41) is 15.4. The third-order valence-corrected chi connectivity index (χ3v) is 2.40. The van der Waals surface area contributed by atoms with Crippen molar-refractivity contribution in [3.8, 4) is 11.8 Å². The number of nitrogens with zero attached hydrogens (tertiary/aromatic N) is 3. The van der Waals surface area contributed by atoms with Gasteiger partial charge in [0.1, 0.15) is 11.9 Å². The summed E-state index contributed by atoms with van der Waals surface area (Å²) in [5.74, 6) is -0.845. The van der Waals surface area contributed by atoms with Crippen LogP contribution in [0.2, 0.25) is 0 Å². The molecule has 0 radical (unpaired) electrons. The quantitative estimate of drug-likeness (QED) is 0.864. The van der Waals surface area contributed by atoms with E-state index in [9.17, 15) is 9.18 Å². The smallest absolute Gasteiger partial charge is 0.255 e. The van der Waals surface area contributed by atoms with Crippen LogP contribution >= 0.6 is 0 Å². The molecular weight excluding hydrogens is 235 g/mol. The lowest BCUT2D eigenvalue weighted by Crippen LogP contribution is -2.18. The molecule has 0 aliphatic carbocycles. The van der Waals surface area contributed by atoms with Crippen LogP contribution in [0.25, 0.3) is 5.69 Å². The van der Waals surface area contributed by atoms with Gasteiger partial charge in [0, 0.05) is 7.05 Å². The number of hydrogen-bond acceptors (Lipinski definition) is 3. The minimum atomic E-state index is -0.437. The summed E-state index contributed by atoms with van der Waals surface area (Å²) >= 11 is 0. The molecule has 1 heterocycles. The van der Waals surface area contributed by atoms with Gasteiger partial charge in [-0.25, -0.2) is 9.07 Å². The molecule has 6 heteroatoms. The zero-order chi connectivity index (χ0) is 13.1. The van der Waals surface area contributed by atoms with E-state index in [4.69, 9.17) is 5.26 Å². The number of aromatic nitrogens is 2. The summed E-state index contributed by atoms with van der Waals surface area (Å²) in [7, 11) is 1.46. The van der Waals surface area contributed by atoms with Crippen LogP contribution in [-0.4, -0.2) is 22.7 Å². The van der Waals surface area contributed by atoms with E-state index in [0.717, 1.165) is 0 Å². The second-order valence-electron chi connectivity index (χ2n) is 3.49. The first-order chi connectivity index (χ1) is 8.67. The van der Waals surface area contributed by atoms with Crippen molar-refractivity contribution in [1.82, 2.24) is 15.1 Å². The molecule has 0 bridgehead atoms. The van der Waals surface area contributed by atoms with Gasteiger partial charge in [0.2, 0.25) is 0 Å². The number of amides is 1. The van der Waals surface area contributed by atoms with Crippen LogP contribution in [0.3, 0.4) is 0 Å². The number of hydrogen-bond donors (Lipinski definition) is 1. The fourth-order valence-electron chi connectivity index (χ4n) is 1.56. The van der Waals surface area contributed by atoms with Gasteiger partial charge in [-0.15, -0.1) is 0 Å². The van der Waals surface area contributed by atoms with Gasteiger partial charge in [-0.1, -0.05) is 6.07 Å². The standard InChI is InChI=1S/C12H9FN4O/c1-15-12(18)10-7-16-17(11(10)6-14)9-4-2-3-8(13)5-9/h2-5,7H,1H3,(H,15,18). The Bertz CT molecular complexity index is 642. The third-order valence-electron chi connectivity index (χ3n) is 2.40. The van der Waals surface area contributed by atoms with Crippen molar-refractivity contribution in [3.05, 3.63) is 47.5 Å². The number of rotatable bonds is 2. The SMILES string of the molecule is CNC(=O)c1cnn(-c2cccc(F)c2)c1C#N. The summed E-state index contributed by atoms with van der Waals surface area (Å²) in [4.78, 5) is 11.5. The minimum absolute atomic E-state index is 0.0694. The molecule has 0 aliphatic heterocycles. The van der Waals surface area contributed by atoms with Crippen LogP contribution in [0.4, 0.5) is 4.39 Å². The van der Waals surface area contributed by atoms with Crippen molar-refractivity contribution in [2.75, 3.05) is 7.05 Å². The Morgan fingerprint density at radius 2 is 2.33 bits per heavy atom. The average molecular weight is 244 g/mol. The first-order valence-electron chi connectivity index (χ1n) is 5.13. The zero-order valence-corrected chi connectivity index (χ0v) is 9.51. The molecule has 0 aliphatic rings. The van der Waals surface area contributed by atoms with Crippen molar-refractivity contribution in [2.24, 2.45) is 0 Å². The highest BCUT2D eigenvalue weighted by molar-refractivity contribution is 5.95. The number of halogens is 1. The van der Waals surface area contributed by atoms with Crippen molar-refractivity contribution in [1.29, 1.82) is 5.26 Å². The molecule has 0 fully saturated rings. The molecule has 0 saturated carbocycles. The predicted octanol–water partition coefficient (Wildman–Crippen LogP) is 1.24. The fraction of sp³-hybridized carbons (Fsp3) is 0.0833. The molecule has 2 aromatic rings. The second-order valence-corrected chi connectivity index (χ2v) is 3.49. The molecule has 18 heavy (non-hydrogen) atoms. The molecule has 5 nitrogen and oxygen atoms in total. The normalized spacial score (nSPS) is 9.83. The van der Waals surface area contributed by atoms with E-state index in [1.165, 1.54) is 36.1 Å². The van der Waals surface area contributed by atoms with Crippen LogP contribution in [-0.2, 0) is 0 Å². The van der Waals surface area contributed by atoms with Crippen molar-refractivity contribution in [3.63, 3.8) is 0 Å². The van der Waals surface area contributed by atoms with Crippen LogP contribution < -0.4 is 5.32 Å². The maximum absolute atomic E-state index is 13.1. The Kier molecular flexibility index (Phi) is 3.06. The Morgan fingerprint density at radius 1 is 1.56 bits per heavy atom. The predicted molar refractivity (Wildman–Crippen MR) is 61.6 cm³/mol. The zero-order valence-electron chi connectivity index (χ0n) is 9.51. The molecule has 1 N–H and O–H groups in total. The summed E-state index contributed by atoms with van der Waals surface area (Å²) in [5.41, 5.74) is 0.617. The average Bonchev–Trinajstić information content (AvgIpc) is 2.81. The van der Waals surface area contributed by atoms with Gasteiger partial charge in [-0.3, -0.25) is 4.79 Å². The molecule has 1 aromatic carbocycles. The van der Waals surface area contributed by atoms with Gasteiger partial charge in [0.05, 0.1) is 17.4 Å². The lowest BCUT2D eigenvalue weighted by molar-refractivity contribution is 0.0963. The highest BCUT2D eigenvalue weighted by Crippen LogP contribution is 2.15. The van der Waals surface area contributed by atoms with Gasteiger partial charge < -0.3 is 5.32 Å². The second kappa shape index (κ2) is 4.67. The van der Waals surface area contributed by atoms with E-state index in [2.05, 4.69) is 10.4 Å². The lowest BCUT2D eigenvalue weighted by Gasteiger charge is -2.03. The molecule has 0 spiro atoms. The van der Waals surface area contributed by atoms with E-state index >= 15 is 0 Å². The van der Waals surface area contributed by atoms with Crippen molar-refractivity contribution >= 4 is 5.91 Å². The molecule has 0 unspecified atom stereocenters. The van der Waals surface area contributed by atoms with E-state index in [1.54, 1.807) is 6.07 Å². The number of benzene rings is 1. The monoisotopic (exact) mass is 244 g/mol. The maximum atomic E-state index is 13.1. The molecule has 1 amide bonds. The molecule has 1 aromatic heterocycles. The molecular formula is C12H9FN4O. The Hall–Kier alpha value is -2.68. The van der Waals surface area contributed by atoms with Gasteiger partial charge >= 0.3 is 0 Å². The topological polar surface area (TPSA) is 70.7 Å². The maximum Gasteiger partial charge on any atom is 0.255 e. The first kappa shape index (κ1) is 11.8. The highest BCUT2D eigenvalue weighted by Gasteiger charge is 2.17. The first-order valence-corrected chi connectivity index (χ1v) is 5.13. The van der Waals surface area contributed by atoms with Gasteiger partial charge in [-0.2, -0.15) is 10.4 Å². The Balaban J connectivity index is 2.57. The van der Waals surface area contributed by atoms with Crippen LogP contribution in [0, 0.1) is 17.1 Å². The summed E-state index contributed by atoms with van der Waals surface area (Å²) in [6.45, 7) is 0. The molecule has 0 atom stereocenters. The highest BCUT2D eigenvalue weighted by atomic mass is 19.1. The summed E-state index contributed by atoms with van der Waals surface area (Å²) < 4.78 is 14.3. The Labute approximate surface area is 102 Å². The molecule has 2 rings (SSSR count). The van der Waals surface area contributed by atoms with Gasteiger partial charge in [-0.05, 0) is 18.2 Å². The summed E-state index contributed by atoms with van der Waals surface area (Å²) in [6.07, 6.45) is 1.28. The van der Waals surface area contributed by atoms with Crippen LogP contribution in [0.5, 0.6) is 0 Å². The largest absolute Gasteiger partial charge is 0.355 e. The molecule has 90 valence electrons. The van der Waals surface area contributed by atoms with Crippen molar-refractivity contribution in [2.45, 2.75) is 0 Å².